The van der Waals surface area contributed by atoms with Crippen LogP contribution in [0, 0.1) is 0 Å². The van der Waals surface area contributed by atoms with Crippen molar-refractivity contribution in [1.82, 2.24) is 0 Å². The predicted octanol–water partition coefficient (Wildman–Crippen LogP) is 2.14. The number of hydrogen-bond donors (Lipinski definition) is 2. The van der Waals surface area contributed by atoms with Crippen molar-refractivity contribution < 1.29 is 15.0 Å². The van der Waals surface area contributed by atoms with E-state index in [2.05, 4.69) is 0 Å². The van der Waals surface area contributed by atoms with Gasteiger partial charge in [-0.3, -0.25) is 0 Å². The molecule has 0 atom stereocenters. The van der Waals surface area contributed by atoms with Crippen molar-refractivity contribution in [1.29, 1.82) is 0 Å². The Morgan fingerprint density at radius 2 is 1.80 bits per heavy atom. The molecule has 0 radical (unpaired) electrons. The van der Waals surface area contributed by atoms with E-state index in [4.69, 9.17) is 0 Å². The largest absolute Gasteiger partial charge is 0.508 e. The fourth-order valence-electron chi connectivity index (χ4n) is 1.48. The second-order valence-electron chi connectivity index (χ2n) is 4.62. The minimum Gasteiger partial charge on any atom is -0.508 e. The van der Waals surface area contributed by atoms with E-state index in [9.17, 15) is 15.0 Å². The zero-order valence-corrected chi connectivity index (χ0v) is 9.24. The molecule has 0 aliphatic rings. The Hall–Kier alpha value is -1.51. The van der Waals surface area contributed by atoms with Gasteiger partial charge in [0, 0.05) is 18.1 Å². The van der Waals surface area contributed by atoms with E-state index in [0.717, 1.165) is 11.8 Å². The molecule has 1 rings (SSSR count). The van der Waals surface area contributed by atoms with E-state index < -0.39 is 0 Å². The van der Waals surface area contributed by atoms with Crippen LogP contribution < -0.4 is 0 Å². The Balaban J connectivity index is 3.29. The number of phenols is 2. The lowest BCUT2D eigenvalue weighted by Gasteiger charge is -2.21. The minimum absolute atomic E-state index is 0.0346. The number of aldehydes is 1. The van der Waals surface area contributed by atoms with Crippen molar-refractivity contribution in [2.45, 2.75) is 32.6 Å². The van der Waals surface area contributed by atoms with Crippen molar-refractivity contribution in [3.05, 3.63) is 23.3 Å². The molecule has 1 aromatic carbocycles. The molecule has 0 aromatic heterocycles. The number of aromatic hydroxyl groups is 2. The van der Waals surface area contributed by atoms with Crippen molar-refractivity contribution in [3.63, 3.8) is 0 Å². The quantitative estimate of drug-likeness (QED) is 0.732. The van der Waals surface area contributed by atoms with Crippen molar-refractivity contribution in [2.24, 2.45) is 0 Å². The van der Waals surface area contributed by atoms with Gasteiger partial charge in [-0.1, -0.05) is 20.8 Å². The smallest absolute Gasteiger partial charge is 0.124 e. The zero-order valence-electron chi connectivity index (χ0n) is 9.24. The van der Waals surface area contributed by atoms with Gasteiger partial charge in [0.05, 0.1) is 0 Å². The number of phenolic OH excluding ortho intramolecular Hbond substituents is 2. The van der Waals surface area contributed by atoms with Gasteiger partial charge in [0.2, 0.25) is 0 Å². The number of carbonyl (C=O) groups excluding carboxylic acids is 1. The summed E-state index contributed by atoms with van der Waals surface area (Å²) in [7, 11) is 0. The van der Waals surface area contributed by atoms with E-state index in [-0.39, 0.29) is 23.3 Å². The van der Waals surface area contributed by atoms with Gasteiger partial charge in [0.1, 0.15) is 17.8 Å². The first-order valence-electron chi connectivity index (χ1n) is 4.85. The van der Waals surface area contributed by atoms with Crippen LogP contribution in [-0.4, -0.2) is 16.5 Å². The highest BCUT2D eigenvalue weighted by Crippen LogP contribution is 2.35. The summed E-state index contributed by atoms with van der Waals surface area (Å²) >= 11 is 0. The van der Waals surface area contributed by atoms with Gasteiger partial charge < -0.3 is 15.0 Å². The summed E-state index contributed by atoms with van der Waals surface area (Å²) in [6.07, 6.45) is 0.897. The monoisotopic (exact) mass is 208 g/mol. The highest BCUT2D eigenvalue weighted by molar-refractivity contribution is 5.59. The number of carbonyl (C=O) groups is 1. The third kappa shape index (κ3) is 2.49. The van der Waals surface area contributed by atoms with Crippen LogP contribution in [0.5, 0.6) is 11.5 Å². The summed E-state index contributed by atoms with van der Waals surface area (Å²) in [6, 6.07) is 2.97. The van der Waals surface area contributed by atoms with Crippen LogP contribution in [0.2, 0.25) is 0 Å². The van der Waals surface area contributed by atoms with E-state index in [1.54, 1.807) is 6.07 Å². The third-order valence-electron chi connectivity index (χ3n) is 2.31. The molecule has 82 valence electrons. The second kappa shape index (κ2) is 3.93. The first kappa shape index (κ1) is 11.6. The zero-order chi connectivity index (χ0) is 11.6. The molecule has 0 aliphatic carbocycles. The van der Waals surface area contributed by atoms with E-state index in [1.807, 2.05) is 20.8 Å². The van der Waals surface area contributed by atoms with Crippen molar-refractivity contribution in [3.8, 4) is 11.5 Å². The summed E-state index contributed by atoms with van der Waals surface area (Å²) in [6.45, 7) is 5.89. The predicted molar refractivity (Wildman–Crippen MR) is 58.2 cm³/mol. The fraction of sp³-hybridized carbons (Fsp3) is 0.417. The first-order chi connectivity index (χ1) is 6.86. The molecule has 0 spiro atoms. The van der Waals surface area contributed by atoms with Gasteiger partial charge in [0.25, 0.3) is 0 Å². The average Bonchev–Trinajstić information content (AvgIpc) is 2.07. The van der Waals surface area contributed by atoms with E-state index in [0.29, 0.717) is 5.56 Å². The molecule has 3 nitrogen and oxygen atoms in total. The molecule has 0 saturated heterocycles. The van der Waals surface area contributed by atoms with Crippen LogP contribution in [0.3, 0.4) is 0 Å². The van der Waals surface area contributed by atoms with Gasteiger partial charge in [-0.25, -0.2) is 0 Å². The normalized spacial score (nSPS) is 11.4. The molecule has 0 amide bonds. The van der Waals surface area contributed by atoms with Crippen LogP contribution in [-0.2, 0) is 16.6 Å². The van der Waals surface area contributed by atoms with Gasteiger partial charge in [-0.05, 0) is 17.0 Å². The Kier molecular flexibility index (Phi) is 3.03. The third-order valence-corrected chi connectivity index (χ3v) is 2.31. The molecule has 0 unspecified atom stereocenters. The SMILES string of the molecule is CC(C)(C)c1cc(CC=O)c(O)cc1O. The van der Waals surface area contributed by atoms with Crippen LogP contribution in [0.15, 0.2) is 12.1 Å². The summed E-state index contributed by atoms with van der Waals surface area (Å²) < 4.78 is 0. The molecule has 1 aromatic rings. The Morgan fingerprint density at radius 3 is 2.27 bits per heavy atom. The summed E-state index contributed by atoms with van der Waals surface area (Å²) in [4.78, 5) is 10.4. The highest BCUT2D eigenvalue weighted by atomic mass is 16.3. The first-order valence-corrected chi connectivity index (χ1v) is 4.85. The van der Waals surface area contributed by atoms with Gasteiger partial charge in [-0.2, -0.15) is 0 Å². The van der Waals surface area contributed by atoms with Crippen molar-refractivity contribution >= 4 is 6.29 Å². The van der Waals surface area contributed by atoms with E-state index >= 15 is 0 Å². The molecule has 0 fully saturated rings. The van der Waals surface area contributed by atoms with E-state index in [1.165, 1.54) is 6.07 Å². The van der Waals surface area contributed by atoms with Gasteiger partial charge in [-0.15, -0.1) is 0 Å². The average molecular weight is 208 g/mol. The lowest BCUT2D eigenvalue weighted by Crippen LogP contribution is -2.12. The summed E-state index contributed by atoms with van der Waals surface area (Å²) in [5.41, 5.74) is 1.07. The van der Waals surface area contributed by atoms with Crippen molar-refractivity contribution in [2.75, 3.05) is 0 Å². The van der Waals surface area contributed by atoms with Crippen LogP contribution in [0.4, 0.5) is 0 Å². The maximum atomic E-state index is 10.4. The molecule has 0 bridgehead atoms. The molecule has 2 N–H and O–H groups in total. The second-order valence-corrected chi connectivity index (χ2v) is 4.62. The van der Waals surface area contributed by atoms with Crippen LogP contribution in [0.1, 0.15) is 31.9 Å². The Bertz CT molecular complexity index is 375. The molecule has 0 aliphatic heterocycles. The standard InChI is InChI=1S/C12H16O3/c1-12(2,3)9-6-8(4-5-13)10(14)7-11(9)15/h5-7,14-15H,4H2,1-3H3. The van der Waals surface area contributed by atoms with Crippen LogP contribution >= 0.6 is 0 Å². The topological polar surface area (TPSA) is 57.5 Å². The number of benzene rings is 1. The molecular weight excluding hydrogens is 192 g/mol. The molecule has 0 heterocycles. The lowest BCUT2D eigenvalue weighted by molar-refractivity contribution is -0.107. The van der Waals surface area contributed by atoms with Crippen LogP contribution in [0.25, 0.3) is 0 Å². The molecular formula is C12H16O3. The van der Waals surface area contributed by atoms with Gasteiger partial charge in [0.15, 0.2) is 0 Å². The fourth-order valence-corrected chi connectivity index (χ4v) is 1.48. The highest BCUT2D eigenvalue weighted by Gasteiger charge is 2.20. The minimum atomic E-state index is -0.213. The Morgan fingerprint density at radius 1 is 1.20 bits per heavy atom. The van der Waals surface area contributed by atoms with Gasteiger partial charge >= 0.3 is 0 Å². The maximum Gasteiger partial charge on any atom is 0.124 e. The summed E-state index contributed by atoms with van der Waals surface area (Å²) in [5.74, 6) is 0.0299. The molecule has 15 heavy (non-hydrogen) atoms. The molecule has 3 heteroatoms. The number of rotatable bonds is 2. The molecule has 0 saturated carbocycles. The lowest BCUT2D eigenvalue weighted by atomic mass is 9.85. The maximum absolute atomic E-state index is 10.4. The number of hydrogen-bond acceptors (Lipinski definition) is 3. The Labute approximate surface area is 89.4 Å². The summed E-state index contributed by atoms with van der Waals surface area (Å²) in [5, 5.41) is 19.2.